The fraction of sp³-hybridized carbons (Fsp3) is 0.312. The molecule has 0 spiro atoms. The first kappa shape index (κ1) is 15.5. The van der Waals surface area contributed by atoms with Crippen molar-refractivity contribution in [2.45, 2.75) is 20.0 Å². The Morgan fingerprint density at radius 2 is 2.00 bits per heavy atom. The molecule has 0 unspecified atom stereocenters. The van der Waals surface area contributed by atoms with E-state index in [9.17, 15) is 4.79 Å². The van der Waals surface area contributed by atoms with Crippen LogP contribution >= 0.6 is 11.3 Å². The van der Waals surface area contributed by atoms with Crippen molar-refractivity contribution in [2.75, 3.05) is 19.0 Å². The SMILES string of the molecule is CO[C@H](CNC(=O)Nc1ccccc1C)c1ccc(C)s1. The van der Waals surface area contributed by atoms with Crippen molar-refractivity contribution in [1.82, 2.24) is 5.32 Å². The summed E-state index contributed by atoms with van der Waals surface area (Å²) in [6, 6.07) is 11.6. The van der Waals surface area contributed by atoms with Crippen LogP contribution in [0.5, 0.6) is 0 Å². The first-order chi connectivity index (χ1) is 10.1. The summed E-state index contributed by atoms with van der Waals surface area (Å²) in [6.45, 7) is 4.45. The van der Waals surface area contributed by atoms with Crippen LogP contribution in [0.2, 0.25) is 0 Å². The largest absolute Gasteiger partial charge is 0.374 e. The number of rotatable bonds is 5. The predicted octanol–water partition coefficient (Wildman–Crippen LogP) is 3.87. The zero-order valence-corrected chi connectivity index (χ0v) is 13.3. The molecule has 2 rings (SSSR count). The maximum absolute atomic E-state index is 11.9. The van der Waals surface area contributed by atoms with Gasteiger partial charge in [0.1, 0.15) is 6.10 Å². The standard InChI is InChI=1S/C16H20N2O2S/c1-11-6-4-5-7-13(11)18-16(19)17-10-14(20-3)15-9-8-12(2)21-15/h4-9,14H,10H2,1-3H3,(H2,17,18,19)/t14-/m1/s1. The van der Waals surface area contributed by atoms with Gasteiger partial charge in [0, 0.05) is 22.6 Å². The molecule has 1 aromatic carbocycles. The number of amides is 2. The number of methoxy groups -OCH3 is 1. The second-order valence-corrected chi connectivity index (χ2v) is 6.14. The fourth-order valence-corrected chi connectivity index (χ4v) is 2.95. The molecule has 4 nitrogen and oxygen atoms in total. The lowest BCUT2D eigenvalue weighted by atomic mass is 10.2. The summed E-state index contributed by atoms with van der Waals surface area (Å²) >= 11 is 1.68. The van der Waals surface area contributed by atoms with Crippen LogP contribution in [0.4, 0.5) is 10.5 Å². The molecule has 2 amide bonds. The lowest BCUT2D eigenvalue weighted by molar-refractivity contribution is 0.107. The number of urea groups is 1. The van der Waals surface area contributed by atoms with Gasteiger partial charge < -0.3 is 15.4 Å². The van der Waals surface area contributed by atoms with Gasteiger partial charge >= 0.3 is 6.03 Å². The molecule has 0 saturated heterocycles. The summed E-state index contributed by atoms with van der Waals surface area (Å²) in [7, 11) is 1.65. The molecule has 112 valence electrons. The van der Waals surface area contributed by atoms with Crippen molar-refractivity contribution >= 4 is 23.1 Å². The minimum atomic E-state index is -0.223. The highest BCUT2D eigenvalue weighted by Crippen LogP contribution is 2.24. The summed E-state index contributed by atoms with van der Waals surface area (Å²) in [5.41, 5.74) is 1.85. The number of carbonyl (C=O) groups excluding carboxylic acids is 1. The van der Waals surface area contributed by atoms with Crippen molar-refractivity contribution in [2.24, 2.45) is 0 Å². The minimum Gasteiger partial charge on any atom is -0.374 e. The molecule has 1 heterocycles. The zero-order chi connectivity index (χ0) is 15.2. The van der Waals surface area contributed by atoms with E-state index in [0.29, 0.717) is 6.54 Å². The number of para-hydroxylation sites is 1. The Bertz CT molecular complexity index is 610. The first-order valence-electron chi connectivity index (χ1n) is 6.79. The molecule has 1 atom stereocenters. The average molecular weight is 304 g/mol. The van der Waals surface area contributed by atoms with Crippen molar-refractivity contribution < 1.29 is 9.53 Å². The van der Waals surface area contributed by atoms with Crippen LogP contribution < -0.4 is 10.6 Å². The smallest absolute Gasteiger partial charge is 0.319 e. The summed E-state index contributed by atoms with van der Waals surface area (Å²) in [5.74, 6) is 0. The third kappa shape index (κ3) is 4.31. The molecule has 2 aromatic rings. The van der Waals surface area contributed by atoms with E-state index in [1.807, 2.05) is 37.3 Å². The maximum Gasteiger partial charge on any atom is 0.319 e. The van der Waals surface area contributed by atoms with E-state index < -0.39 is 0 Å². The normalized spacial score (nSPS) is 12.0. The molecular weight excluding hydrogens is 284 g/mol. The van der Waals surface area contributed by atoms with E-state index in [4.69, 9.17) is 4.74 Å². The Hall–Kier alpha value is -1.85. The van der Waals surface area contributed by atoms with Gasteiger partial charge in [-0.25, -0.2) is 4.79 Å². The highest BCUT2D eigenvalue weighted by atomic mass is 32.1. The number of aryl methyl sites for hydroxylation is 2. The van der Waals surface area contributed by atoms with E-state index >= 15 is 0 Å². The average Bonchev–Trinajstić information content (AvgIpc) is 2.89. The lowest BCUT2D eigenvalue weighted by Crippen LogP contribution is -2.32. The fourth-order valence-electron chi connectivity index (χ4n) is 1.99. The molecule has 5 heteroatoms. The van der Waals surface area contributed by atoms with Gasteiger partial charge in [-0.15, -0.1) is 11.3 Å². The number of nitrogens with one attached hydrogen (secondary N) is 2. The Morgan fingerprint density at radius 1 is 1.24 bits per heavy atom. The highest BCUT2D eigenvalue weighted by molar-refractivity contribution is 7.12. The Balaban J connectivity index is 1.89. The third-order valence-electron chi connectivity index (χ3n) is 3.20. The van der Waals surface area contributed by atoms with Crippen molar-refractivity contribution in [1.29, 1.82) is 0 Å². The molecule has 1 aromatic heterocycles. The minimum absolute atomic E-state index is 0.119. The van der Waals surface area contributed by atoms with Crippen LogP contribution in [0.3, 0.4) is 0 Å². The second-order valence-electron chi connectivity index (χ2n) is 4.82. The molecule has 0 aliphatic carbocycles. The highest BCUT2D eigenvalue weighted by Gasteiger charge is 2.14. The van der Waals surface area contributed by atoms with Gasteiger partial charge in [0.2, 0.25) is 0 Å². The summed E-state index contributed by atoms with van der Waals surface area (Å²) in [4.78, 5) is 14.3. The molecule has 0 saturated carbocycles. The molecule has 0 aliphatic rings. The number of hydrogen-bond donors (Lipinski definition) is 2. The van der Waals surface area contributed by atoms with E-state index in [1.54, 1.807) is 18.4 Å². The quantitative estimate of drug-likeness (QED) is 0.881. The summed E-state index contributed by atoms with van der Waals surface area (Å²) in [6.07, 6.45) is -0.119. The molecule has 0 bridgehead atoms. The second kappa shape index (κ2) is 7.24. The predicted molar refractivity (Wildman–Crippen MR) is 87.0 cm³/mol. The van der Waals surface area contributed by atoms with Gasteiger partial charge in [-0.2, -0.15) is 0 Å². The van der Waals surface area contributed by atoms with Gasteiger partial charge in [-0.05, 0) is 37.6 Å². The van der Waals surface area contributed by atoms with E-state index in [-0.39, 0.29) is 12.1 Å². The number of carbonyl (C=O) groups is 1. The van der Waals surface area contributed by atoms with Crippen LogP contribution in [-0.4, -0.2) is 19.7 Å². The van der Waals surface area contributed by atoms with Crippen LogP contribution in [0, 0.1) is 13.8 Å². The van der Waals surface area contributed by atoms with Gasteiger partial charge in [0.25, 0.3) is 0 Å². The van der Waals surface area contributed by atoms with Crippen molar-refractivity contribution in [3.05, 3.63) is 51.7 Å². The topological polar surface area (TPSA) is 50.4 Å². The zero-order valence-electron chi connectivity index (χ0n) is 12.5. The Labute approximate surface area is 129 Å². The van der Waals surface area contributed by atoms with Gasteiger partial charge in [0.15, 0.2) is 0 Å². The van der Waals surface area contributed by atoms with E-state index in [2.05, 4.69) is 23.6 Å². The number of thiophene rings is 1. The van der Waals surface area contributed by atoms with E-state index in [0.717, 1.165) is 16.1 Å². The van der Waals surface area contributed by atoms with Crippen LogP contribution in [0.1, 0.15) is 21.4 Å². The maximum atomic E-state index is 11.9. The monoisotopic (exact) mass is 304 g/mol. The van der Waals surface area contributed by atoms with E-state index in [1.165, 1.54) is 4.88 Å². The van der Waals surface area contributed by atoms with Crippen LogP contribution in [0.15, 0.2) is 36.4 Å². The molecule has 0 fully saturated rings. The number of benzene rings is 1. The van der Waals surface area contributed by atoms with Crippen molar-refractivity contribution in [3.8, 4) is 0 Å². The Kier molecular flexibility index (Phi) is 5.36. The van der Waals surface area contributed by atoms with Gasteiger partial charge in [0.05, 0.1) is 6.54 Å². The molecule has 21 heavy (non-hydrogen) atoms. The van der Waals surface area contributed by atoms with Crippen molar-refractivity contribution in [3.63, 3.8) is 0 Å². The summed E-state index contributed by atoms with van der Waals surface area (Å²) < 4.78 is 5.44. The van der Waals surface area contributed by atoms with Gasteiger partial charge in [-0.1, -0.05) is 18.2 Å². The number of anilines is 1. The molecule has 2 N–H and O–H groups in total. The third-order valence-corrected chi connectivity index (χ3v) is 4.30. The van der Waals surface area contributed by atoms with Crippen LogP contribution in [0.25, 0.3) is 0 Å². The van der Waals surface area contributed by atoms with Crippen LogP contribution in [-0.2, 0) is 4.74 Å². The molecule has 0 aliphatic heterocycles. The van der Waals surface area contributed by atoms with Gasteiger partial charge in [-0.3, -0.25) is 0 Å². The first-order valence-corrected chi connectivity index (χ1v) is 7.61. The molecular formula is C16H20N2O2S. The number of ether oxygens (including phenoxy) is 1. The lowest BCUT2D eigenvalue weighted by Gasteiger charge is -2.15. The Morgan fingerprint density at radius 3 is 2.62 bits per heavy atom. The number of hydrogen-bond acceptors (Lipinski definition) is 3. The molecule has 0 radical (unpaired) electrons. The summed E-state index contributed by atoms with van der Waals surface area (Å²) in [5, 5.41) is 5.69.